The van der Waals surface area contributed by atoms with E-state index < -0.39 is 0 Å². The van der Waals surface area contributed by atoms with Crippen LogP contribution in [0.15, 0.2) is 66.7 Å². The first-order valence-electron chi connectivity index (χ1n) is 10.5. The Morgan fingerprint density at radius 1 is 0.719 bits per heavy atom. The van der Waals surface area contributed by atoms with Crippen molar-refractivity contribution in [2.75, 3.05) is 0 Å². The Kier molecular flexibility index (Phi) is 7.99. The number of nitriles is 1. The molecule has 0 radical (unpaired) electrons. The van der Waals surface area contributed by atoms with Crippen LogP contribution in [0.25, 0.3) is 0 Å². The summed E-state index contributed by atoms with van der Waals surface area (Å²) >= 11 is 0. The van der Waals surface area contributed by atoms with Gasteiger partial charge in [-0.1, -0.05) is 24.3 Å². The number of Topliss-reactive ketones (excluding diaryl/α,β-unsaturated/α-hetero) is 2. The van der Waals surface area contributed by atoms with E-state index in [0.717, 1.165) is 11.1 Å². The molecule has 3 aromatic rings. The van der Waals surface area contributed by atoms with Crippen molar-refractivity contribution < 1.29 is 18.4 Å². The van der Waals surface area contributed by atoms with Gasteiger partial charge in [0.1, 0.15) is 11.6 Å². The molecule has 0 fully saturated rings. The molecule has 0 N–H and O–H groups in total. The normalized spacial score (nSPS) is 10.5. The monoisotopic (exact) mass is 431 g/mol. The first-order chi connectivity index (χ1) is 15.4. The molecule has 3 nitrogen and oxygen atoms in total. The van der Waals surface area contributed by atoms with Gasteiger partial charge in [0.15, 0.2) is 11.6 Å². The molecule has 0 saturated carbocycles. The lowest BCUT2D eigenvalue weighted by Crippen LogP contribution is -2.06. The third-order valence-electron chi connectivity index (χ3n) is 5.22. The minimum absolute atomic E-state index is 0.160. The van der Waals surface area contributed by atoms with Crippen molar-refractivity contribution in [3.63, 3.8) is 0 Å². The molecule has 5 heteroatoms. The molecule has 0 atom stereocenters. The summed E-state index contributed by atoms with van der Waals surface area (Å²) in [6.07, 6.45) is 2.67. The highest BCUT2D eigenvalue weighted by atomic mass is 19.1. The fourth-order valence-electron chi connectivity index (χ4n) is 3.59. The first-order valence-corrected chi connectivity index (χ1v) is 10.5. The quantitative estimate of drug-likeness (QED) is 0.357. The van der Waals surface area contributed by atoms with Gasteiger partial charge < -0.3 is 0 Å². The van der Waals surface area contributed by atoms with E-state index in [4.69, 9.17) is 0 Å². The Bertz CT molecular complexity index is 1080. The zero-order chi connectivity index (χ0) is 22.9. The number of ketones is 2. The molecule has 3 rings (SSSR count). The van der Waals surface area contributed by atoms with Crippen molar-refractivity contribution in [1.82, 2.24) is 0 Å². The smallest absolute Gasteiger partial charge is 0.162 e. The molecule has 0 aromatic heterocycles. The number of carbonyl (C=O) groups is 2. The van der Waals surface area contributed by atoms with Gasteiger partial charge in [-0.3, -0.25) is 9.59 Å². The number of carbonyl (C=O) groups excluding carboxylic acids is 2. The van der Waals surface area contributed by atoms with E-state index in [-0.39, 0.29) is 41.6 Å². The molecule has 0 saturated heterocycles. The summed E-state index contributed by atoms with van der Waals surface area (Å²) in [5.74, 6) is -0.938. The molecule has 0 heterocycles. The first kappa shape index (κ1) is 23.0. The van der Waals surface area contributed by atoms with Crippen molar-refractivity contribution in [3.05, 3.63) is 106 Å². The van der Waals surface area contributed by atoms with E-state index in [1.165, 1.54) is 42.5 Å². The van der Waals surface area contributed by atoms with Gasteiger partial charge in [0.05, 0.1) is 11.6 Å². The predicted octanol–water partition coefficient (Wildman–Crippen LogP) is 6.25. The SMILES string of the molecule is N#Cc1cc(C(=O)CCCc2cccc(F)c2)cc(C(=O)CCCc2cccc(F)c2)c1. The van der Waals surface area contributed by atoms with E-state index in [9.17, 15) is 23.6 Å². The summed E-state index contributed by atoms with van der Waals surface area (Å²) in [7, 11) is 0. The fourth-order valence-corrected chi connectivity index (χ4v) is 3.59. The Hall–Kier alpha value is -3.65. The highest BCUT2D eigenvalue weighted by molar-refractivity contribution is 6.01. The summed E-state index contributed by atoms with van der Waals surface area (Å²) in [5, 5.41) is 9.31. The zero-order valence-corrected chi connectivity index (χ0v) is 17.6. The lowest BCUT2D eigenvalue weighted by molar-refractivity contribution is 0.0979. The van der Waals surface area contributed by atoms with Crippen molar-refractivity contribution in [1.29, 1.82) is 5.26 Å². The average Bonchev–Trinajstić information content (AvgIpc) is 2.78. The molecule has 3 aromatic carbocycles. The van der Waals surface area contributed by atoms with Gasteiger partial charge in [-0.25, -0.2) is 8.78 Å². The van der Waals surface area contributed by atoms with E-state index in [1.807, 2.05) is 18.2 Å². The van der Waals surface area contributed by atoms with E-state index in [0.29, 0.717) is 36.8 Å². The van der Waals surface area contributed by atoms with Gasteiger partial charge in [-0.05, 0) is 79.3 Å². The van der Waals surface area contributed by atoms with Crippen LogP contribution in [0.4, 0.5) is 8.78 Å². The number of hydrogen-bond donors (Lipinski definition) is 0. The maximum Gasteiger partial charge on any atom is 0.162 e. The standard InChI is InChI=1S/C27H23F2NO2/c28-24-9-1-5-19(15-24)7-3-11-26(31)22-13-21(18-30)14-23(17-22)27(32)12-4-8-20-6-2-10-25(29)16-20/h1-2,5-6,9-10,13-17H,3-4,7-8,11-12H2. The van der Waals surface area contributed by atoms with Gasteiger partial charge in [0, 0.05) is 24.0 Å². The summed E-state index contributed by atoms with van der Waals surface area (Å²) in [4.78, 5) is 25.3. The van der Waals surface area contributed by atoms with Crippen LogP contribution in [0.2, 0.25) is 0 Å². The molecule has 0 aliphatic carbocycles. The van der Waals surface area contributed by atoms with Crippen molar-refractivity contribution in [3.8, 4) is 6.07 Å². The average molecular weight is 431 g/mol. The Morgan fingerprint density at radius 2 is 1.19 bits per heavy atom. The van der Waals surface area contributed by atoms with Gasteiger partial charge in [-0.2, -0.15) is 5.26 Å². The Balaban J connectivity index is 1.60. The summed E-state index contributed by atoms with van der Waals surface area (Å²) in [5.41, 5.74) is 2.55. The molecule has 0 bridgehead atoms. The lowest BCUT2D eigenvalue weighted by atomic mass is 9.96. The molecule has 0 aliphatic rings. The number of aryl methyl sites for hydroxylation is 2. The summed E-state index contributed by atoms with van der Waals surface area (Å²) in [6.45, 7) is 0. The molecular weight excluding hydrogens is 408 g/mol. The number of rotatable bonds is 10. The van der Waals surface area contributed by atoms with Crippen molar-refractivity contribution >= 4 is 11.6 Å². The number of benzene rings is 3. The van der Waals surface area contributed by atoms with Crippen molar-refractivity contribution in [2.24, 2.45) is 0 Å². The van der Waals surface area contributed by atoms with Crippen LogP contribution in [0.1, 0.15) is 63.1 Å². The Morgan fingerprint density at radius 3 is 1.59 bits per heavy atom. The van der Waals surface area contributed by atoms with Crippen LogP contribution in [0.5, 0.6) is 0 Å². The molecule has 0 unspecified atom stereocenters. The highest BCUT2D eigenvalue weighted by Crippen LogP contribution is 2.17. The minimum atomic E-state index is -0.309. The minimum Gasteiger partial charge on any atom is -0.294 e. The van der Waals surface area contributed by atoms with Crippen LogP contribution in [0.3, 0.4) is 0 Å². The highest BCUT2D eigenvalue weighted by Gasteiger charge is 2.13. The van der Waals surface area contributed by atoms with Gasteiger partial charge in [0.25, 0.3) is 0 Å². The molecule has 32 heavy (non-hydrogen) atoms. The van der Waals surface area contributed by atoms with E-state index in [2.05, 4.69) is 0 Å². The second-order valence-electron chi connectivity index (χ2n) is 7.72. The molecule has 162 valence electrons. The Labute approximate surface area is 186 Å². The van der Waals surface area contributed by atoms with Gasteiger partial charge in [-0.15, -0.1) is 0 Å². The topological polar surface area (TPSA) is 57.9 Å². The maximum atomic E-state index is 13.3. The molecule has 0 aliphatic heterocycles. The second-order valence-corrected chi connectivity index (χ2v) is 7.72. The summed E-state index contributed by atoms with van der Waals surface area (Å²) < 4.78 is 26.6. The van der Waals surface area contributed by atoms with Crippen LogP contribution in [-0.2, 0) is 12.8 Å². The second kappa shape index (κ2) is 11.1. The van der Waals surface area contributed by atoms with E-state index >= 15 is 0 Å². The van der Waals surface area contributed by atoms with Crippen LogP contribution >= 0.6 is 0 Å². The van der Waals surface area contributed by atoms with Crippen LogP contribution in [0, 0.1) is 23.0 Å². The summed E-state index contributed by atoms with van der Waals surface area (Å²) in [6, 6.07) is 19.1. The van der Waals surface area contributed by atoms with Crippen molar-refractivity contribution in [2.45, 2.75) is 38.5 Å². The molecular formula is C27H23F2NO2. The van der Waals surface area contributed by atoms with Crippen LogP contribution in [-0.4, -0.2) is 11.6 Å². The van der Waals surface area contributed by atoms with Crippen LogP contribution < -0.4 is 0 Å². The largest absolute Gasteiger partial charge is 0.294 e. The number of halogens is 2. The number of nitrogens with zero attached hydrogens (tertiary/aromatic N) is 1. The third kappa shape index (κ3) is 6.68. The predicted molar refractivity (Wildman–Crippen MR) is 118 cm³/mol. The molecule has 0 spiro atoms. The number of hydrogen-bond acceptors (Lipinski definition) is 3. The fraction of sp³-hybridized carbons (Fsp3) is 0.222. The van der Waals surface area contributed by atoms with Gasteiger partial charge >= 0.3 is 0 Å². The third-order valence-corrected chi connectivity index (χ3v) is 5.22. The molecule has 0 amide bonds. The zero-order valence-electron chi connectivity index (χ0n) is 17.6. The lowest BCUT2D eigenvalue weighted by Gasteiger charge is -2.07. The van der Waals surface area contributed by atoms with Gasteiger partial charge in [0.2, 0.25) is 0 Å². The van der Waals surface area contributed by atoms with E-state index in [1.54, 1.807) is 12.1 Å². The maximum absolute atomic E-state index is 13.3.